The number of carboxylic acids is 1. The molecule has 0 aliphatic heterocycles. The fraction of sp³-hybridized carbons (Fsp3) is 0.538. The summed E-state index contributed by atoms with van der Waals surface area (Å²) >= 11 is 1.55. The minimum atomic E-state index is -0.779. The predicted molar refractivity (Wildman–Crippen MR) is 78.5 cm³/mol. The van der Waals surface area contributed by atoms with Gasteiger partial charge in [-0.3, -0.25) is 4.79 Å². The lowest BCUT2D eigenvalue weighted by molar-refractivity contribution is -0.139. The van der Waals surface area contributed by atoms with Crippen molar-refractivity contribution in [1.29, 1.82) is 0 Å². The highest BCUT2D eigenvalue weighted by Gasteiger charge is 2.29. The van der Waals surface area contributed by atoms with E-state index < -0.39 is 11.9 Å². The molecule has 21 heavy (non-hydrogen) atoms. The monoisotopic (exact) mass is 307 g/mol. The zero-order valence-corrected chi connectivity index (χ0v) is 12.6. The normalized spacial score (nSPS) is 17.5. The SMILES string of the molecule is CCn1cnnc1CNc1nc2c(s1)CCCC2C(=O)O. The number of aryl methyl sites for hydroxylation is 2. The second-order valence-electron chi connectivity index (χ2n) is 5.00. The number of aromatic nitrogens is 4. The van der Waals surface area contributed by atoms with Gasteiger partial charge in [-0.1, -0.05) is 0 Å². The molecular weight excluding hydrogens is 290 g/mol. The van der Waals surface area contributed by atoms with E-state index in [1.165, 1.54) is 0 Å². The van der Waals surface area contributed by atoms with Crippen LogP contribution in [-0.2, 0) is 24.3 Å². The van der Waals surface area contributed by atoms with E-state index in [1.54, 1.807) is 17.7 Å². The first-order valence-electron chi connectivity index (χ1n) is 7.02. The summed E-state index contributed by atoms with van der Waals surface area (Å²) in [5.74, 6) is -0.390. The number of hydrogen-bond donors (Lipinski definition) is 2. The molecule has 1 atom stereocenters. The number of rotatable bonds is 5. The summed E-state index contributed by atoms with van der Waals surface area (Å²) in [6, 6.07) is 0. The molecule has 0 fully saturated rings. The number of thiazole rings is 1. The van der Waals surface area contributed by atoms with Crippen molar-refractivity contribution in [3.63, 3.8) is 0 Å². The van der Waals surface area contributed by atoms with Gasteiger partial charge in [0.05, 0.1) is 12.2 Å². The van der Waals surface area contributed by atoms with E-state index in [0.29, 0.717) is 13.0 Å². The molecule has 2 heterocycles. The van der Waals surface area contributed by atoms with Crippen LogP contribution in [0.25, 0.3) is 0 Å². The van der Waals surface area contributed by atoms with Crippen molar-refractivity contribution in [2.75, 3.05) is 5.32 Å². The fourth-order valence-corrected chi connectivity index (χ4v) is 3.63. The maximum atomic E-state index is 11.3. The van der Waals surface area contributed by atoms with Crippen molar-refractivity contribution < 1.29 is 9.90 Å². The summed E-state index contributed by atoms with van der Waals surface area (Å²) in [5.41, 5.74) is 0.734. The van der Waals surface area contributed by atoms with Crippen molar-refractivity contribution in [1.82, 2.24) is 19.7 Å². The Morgan fingerprint density at radius 1 is 1.62 bits per heavy atom. The van der Waals surface area contributed by atoms with Crippen molar-refractivity contribution in [2.24, 2.45) is 0 Å². The summed E-state index contributed by atoms with van der Waals surface area (Å²) < 4.78 is 1.96. The fourth-order valence-electron chi connectivity index (χ4n) is 2.57. The van der Waals surface area contributed by atoms with Crippen molar-refractivity contribution >= 4 is 22.4 Å². The lowest BCUT2D eigenvalue weighted by Crippen LogP contribution is -2.17. The minimum absolute atomic E-state index is 0.458. The van der Waals surface area contributed by atoms with Crippen LogP contribution in [0.1, 0.15) is 42.1 Å². The molecule has 0 spiro atoms. The Morgan fingerprint density at radius 2 is 2.48 bits per heavy atom. The first kappa shape index (κ1) is 14.0. The molecule has 8 heteroatoms. The van der Waals surface area contributed by atoms with Crippen LogP contribution in [0.4, 0.5) is 5.13 Å². The van der Waals surface area contributed by atoms with Gasteiger partial charge in [-0.05, 0) is 26.2 Å². The number of fused-ring (bicyclic) bond motifs is 1. The van der Waals surface area contributed by atoms with Gasteiger partial charge in [-0.25, -0.2) is 4.98 Å². The molecule has 0 saturated heterocycles. The number of nitrogens with one attached hydrogen (secondary N) is 1. The molecule has 1 unspecified atom stereocenters. The molecule has 0 bridgehead atoms. The van der Waals surface area contributed by atoms with Gasteiger partial charge in [0.25, 0.3) is 0 Å². The van der Waals surface area contributed by atoms with Crippen LogP contribution in [0.5, 0.6) is 0 Å². The highest BCUT2D eigenvalue weighted by molar-refractivity contribution is 7.15. The van der Waals surface area contributed by atoms with E-state index in [1.807, 2.05) is 11.5 Å². The van der Waals surface area contributed by atoms with Gasteiger partial charge >= 0.3 is 5.97 Å². The summed E-state index contributed by atoms with van der Waals surface area (Å²) in [6.45, 7) is 3.39. The average Bonchev–Trinajstić information content (AvgIpc) is 3.09. The Bertz CT molecular complexity index is 651. The van der Waals surface area contributed by atoms with E-state index in [0.717, 1.165) is 40.9 Å². The maximum absolute atomic E-state index is 11.3. The minimum Gasteiger partial charge on any atom is -0.481 e. The molecule has 2 aromatic heterocycles. The second kappa shape index (κ2) is 5.80. The third kappa shape index (κ3) is 2.76. The zero-order chi connectivity index (χ0) is 14.8. The topological polar surface area (TPSA) is 92.9 Å². The average molecular weight is 307 g/mol. The van der Waals surface area contributed by atoms with Gasteiger partial charge in [0.15, 0.2) is 11.0 Å². The Hall–Kier alpha value is -1.96. The number of hydrogen-bond acceptors (Lipinski definition) is 6. The maximum Gasteiger partial charge on any atom is 0.312 e. The molecule has 3 rings (SSSR count). The van der Waals surface area contributed by atoms with E-state index in [2.05, 4.69) is 20.5 Å². The standard InChI is InChI=1S/C13H17N5O2S/c1-2-18-7-15-17-10(18)6-14-13-16-11-8(12(19)20)4-3-5-9(11)21-13/h7-8H,2-6H2,1H3,(H,14,16)(H,19,20). The lowest BCUT2D eigenvalue weighted by atomic mass is 9.91. The van der Waals surface area contributed by atoms with Crippen molar-refractivity contribution in [3.05, 3.63) is 22.7 Å². The predicted octanol–water partition coefficient (Wildman–Crippen LogP) is 1.87. The van der Waals surface area contributed by atoms with Crippen LogP contribution in [0, 0.1) is 0 Å². The van der Waals surface area contributed by atoms with Gasteiger partial charge < -0.3 is 15.0 Å². The number of aliphatic carboxylic acids is 1. The molecule has 0 aromatic carbocycles. The third-order valence-electron chi connectivity index (χ3n) is 3.69. The van der Waals surface area contributed by atoms with Crippen LogP contribution >= 0.6 is 11.3 Å². The number of nitrogens with zero attached hydrogens (tertiary/aromatic N) is 4. The quantitative estimate of drug-likeness (QED) is 0.876. The second-order valence-corrected chi connectivity index (χ2v) is 6.08. The highest BCUT2D eigenvalue weighted by Crippen LogP contribution is 2.36. The Balaban J connectivity index is 1.74. The van der Waals surface area contributed by atoms with Crippen molar-refractivity contribution in [2.45, 2.75) is 45.2 Å². The zero-order valence-electron chi connectivity index (χ0n) is 11.7. The van der Waals surface area contributed by atoms with Gasteiger partial charge in [0.2, 0.25) is 0 Å². The smallest absolute Gasteiger partial charge is 0.312 e. The first-order chi connectivity index (χ1) is 10.2. The molecule has 0 saturated carbocycles. The van der Waals surface area contributed by atoms with Crippen molar-refractivity contribution in [3.8, 4) is 0 Å². The van der Waals surface area contributed by atoms with Gasteiger partial charge in [-0.2, -0.15) is 0 Å². The summed E-state index contributed by atoms with van der Waals surface area (Å²) in [6.07, 6.45) is 4.21. The molecule has 1 aliphatic carbocycles. The molecule has 1 aliphatic rings. The Morgan fingerprint density at radius 3 is 3.24 bits per heavy atom. The van der Waals surface area contributed by atoms with Gasteiger partial charge in [0, 0.05) is 11.4 Å². The largest absolute Gasteiger partial charge is 0.481 e. The molecule has 112 valence electrons. The van der Waals surface area contributed by atoms with Gasteiger partial charge in [-0.15, -0.1) is 21.5 Å². The first-order valence-corrected chi connectivity index (χ1v) is 7.83. The number of anilines is 1. The molecule has 0 radical (unpaired) electrons. The molecule has 7 nitrogen and oxygen atoms in total. The van der Waals surface area contributed by atoms with E-state index >= 15 is 0 Å². The van der Waals surface area contributed by atoms with Crippen LogP contribution in [0.2, 0.25) is 0 Å². The van der Waals surface area contributed by atoms with Gasteiger partial charge in [0.1, 0.15) is 12.2 Å². The summed E-state index contributed by atoms with van der Waals surface area (Å²) in [5, 5.41) is 21.2. The highest BCUT2D eigenvalue weighted by atomic mass is 32.1. The summed E-state index contributed by atoms with van der Waals surface area (Å²) in [7, 11) is 0. The van der Waals surface area contributed by atoms with Crippen LogP contribution in [0.3, 0.4) is 0 Å². The van der Waals surface area contributed by atoms with Crippen LogP contribution < -0.4 is 5.32 Å². The Labute approximate surface area is 126 Å². The number of carboxylic acid groups (broad SMARTS) is 1. The molecule has 0 amide bonds. The third-order valence-corrected chi connectivity index (χ3v) is 4.78. The van der Waals surface area contributed by atoms with E-state index in [9.17, 15) is 9.90 Å². The summed E-state index contributed by atoms with van der Waals surface area (Å²) in [4.78, 5) is 16.8. The van der Waals surface area contributed by atoms with Crippen LogP contribution in [-0.4, -0.2) is 30.8 Å². The molecule has 2 aromatic rings. The molecule has 2 N–H and O–H groups in total. The number of carbonyl (C=O) groups is 1. The van der Waals surface area contributed by atoms with Crippen LogP contribution in [0.15, 0.2) is 6.33 Å². The van der Waals surface area contributed by atoms with E-state index in [-0.39, 0.29) is 0 Å². The lowest BCUT2D eigenvalue weighted by Gasteiger charge is -2.16. The molecular formula is C13H17N5O2S. The van der Waals surface area contributed by atoms with E-state index in [4.69, 9.17) is 0 Å². The Kier molecular flexibility index (Phi) is 3.87.